The van der Waals surface area contributed by atoms with Gasteiger partial charge < -0.3 is 9.26 Å². The molecule has 0 saturated heterocycles. The normalized spacial score (nSPS) is 11.0. The Bertz CT molecular complexity index is 1070. The zero-order chi connectivity index (χ0) is 20.1. The van der Waals surface area contributed by atoms with Crippen LogP contribution in [0.4, 0.5) is 0 Å². The van der Waals surface area contributed by atoms with Crippen LogP contribution in [0.25, 0.3) is 11.3 Å². The molecule has 5 nitrogen and oxygen atoms in total. The van der Waals surface area contributed by atoms with Crippen molar-refractivity contribution in [3.05, 3.63) is 70.9 Å². The smallest absolute Gasteiger partial charge is 0.175 e. The van der Waals surface area contributed by atoms with E-state index < -0.39 is 0 Å². The molecule has 0 unspecified atom stereocenters. The molecule has 4 aromatic rings. The van der Waals surface area contributed by atoms with Crippen molar-refractivity contribution in [2.75, 3.05) is 7.11 Å². The van der Waals surface area contributed by atoms with E-state index in [1.54, 1.807) is 42.0 Å². The Balaban J connectivity index is 1.29. The summed E-state index contributed by atoms with van der Waals surface area (Å²) in [5, 5.41) is 13.4. The molecular weight excluding hydrogens is 446 g/mol. The highest BCUT2D eigenvalue weighted by molar-refractivity contribution is 8.02. The van der Waals surface area contributed by atoms with Crippen molar-refractivity contribution in [3.8, 4) is 17.0 Å². The first-order chi connectivity index (χ1) is 14.2. The molecule has 148 valence electrons. The van der Waals surface area contributed by atoms with Gasteiger partial charge in [-0.1, -0.05) is 75.9 Å². The summed E-state index contributed by atoms with van der Waals surface area (Å²) in [4.78, 5) is 0. The van der Waals surface area contributed by atoms with E-state index in [0.29, 0.717) is 10.8 Å². The quantitative estimate of drug-likeness (QED) is 0.280. The third-order valence-corrected chi connectivity index (χ3v) is 7.48. The Labute approximate surface area is 185 Å². The van der Waals surface area contributed by atoms with Crippen molar-refractivity contribution in [2.45, 2.75) is 20.2 Å². The van der Waals surface area contributed by atoms with Gasteiger partial charge in [-0.05, 0) is 29.8 Å². The van der Waals surface area contributed by atoms with Crippen molar-refractivity contribution in [1.29, 1.82) is 0 Å². The lowest BCUT2D eigenvalue weighted by Gasteiger charge is -2.01. The molecule has 0 bridgehead atoms. The van der Waals surface area contributed by atoms with Crippen molar-refractivity contribution < 1.29 is 9.26 Å². The average Bonchev–Trinajstić information content (AvgIpc) is 3.41. The maximum atomic E-state index is 5.93. The highest BCUT2D eigenvalue weighted by atomic mass is 35.5. The number of aromatic nitrogens is 3. The van der Waals surface area contributed by atoms with E-state index in [4.69, 9.17) is 20.9 Å². The van der Waals surface area contributed by atoms with E-state index in [2.05, 4.69) is 27.5 Å². The number of ether oxygens (including phenoxy) is 1. The van der Waals surface area contributed by atoms with Crippen molar-refractivity contribution in [3.63, 3.8) is 0 Å². The van der Waals surface area contributed by atoms with Gasteiger partial charge in [0, 0.05) is 22.4 Å². The van der Waals surface area contributed by atoms with E-state index >= 15 is 0 Å². The fourth-order valence-corrected chi connectivity index (χ4v) is 5.43. The zero-order valence-electron chi connectivity index (χ0n) is 15.4. The molecule has 0 aliphatic rings. The van der Waals surface area contributed by atoms with Gasteiger partial charge in [-0.25, -0.2) is 0 Å². The number of hydrogen-bond acceptors (Lipinski definition) is 8. The molecule has 0 aliphatic carbocycles. The van der Waals surface area contributed by atoms with Crippen LogP contribution in [0.3, 0.4) is 0 Å². The number of halogens is 1. The summed E-state index contributed by atoms with van der Waals surface area (Å²) in [6.45, 7) is 0. The minimum atomic E-state index is 0.651. The second kappa shape index (κ2) is 9.67. The molecule has 0 spiro atoms. The molecule has 29 heavy (non-hydrogen) atoms. The molecule has 2 aromatic carbocycles. The minimum absolute atomic E-state index is 0.651. The monoisotopic (exact) mass is 461 g/mol. The van der Waals surface area contributed by atoms with Gasteiger partial charge in [0.15, 0.2) is 8.68 Å². The van der Waals surface area contributed by atoms with Crippen LogP contribution in [0.15, 0.2) is 67.8 Å². The molecule has 2 heterocycles. The summed E-state index contributed by atoms with van der Waals surface area (Å²) in [6.07, 6.45) is 0. The number of benzene rings is 2. The second-order valence-corrected chi connectivity index (χ2v) is 9.80. The third kappa shape index (κ3) is 5.54. The van der Waals surface area contributed by atoms with Crippen LogP contribution in [0.1, 0.15) is 11.3 Å². The molecule has 0 fully saturated rings. The minimum Gasteiger partial charge on any atom is -0.497 e. The van der Waals surface area contributed by atoms with Crippen molar-refractivity contribution >= 4 is 46.5 Å². The number of methoxy groups -OCH3 is 1. The fraction of sp³-hybridized carbons (Fsp3) is 0.150. The summed E-state index contributed by atoms with van der Waals surface area (Å²) in [6, 6.07) is 17.5. The molecule has 0 aliphatic heterocycles. The molecule has 0 saturated carbocycles. The number of hydrogen-bond donors (Lipinski definition) is 0. The van der Waals surface area contributed by atoms with Crippen LogP contribution in [-0.2, 0) is 11.5 Å². The molecule has 0 N–H and O–H groups in total. The van der Waals surface area contributed by atoms with Crippen molar-refractivity contribution in [1.82, 2.24) is 15.4 Å². The lowest BCUT2D eigenvalue weighted by atomic mass is 10.1. The zero-order valence-corrected chi connectivity index (χ0v) is 18.6. The van der Waals surface area contributed by atoms with Gasteiger partial charge in [0.05, 0.1) is 12.9 Å². The molecule has 9 heteroatoms. The van der Waals surface area contributed by atoms with Gasteiger partial charge in [0.25, 0.3) is 0 Å². The summed E-state index contributed by atoms with van der Waals surface area (Å²) >= 11 is 10.8. The predicted molar refractivity (Wildman–Crippen MR) is 119 cm³/mol. The Hall–Kier alpha value is -2.00. The van der Waals surface area contributed by atoms with Gasteiger partial charge in [-0.2, -0.15) is 0 Å². The van der Waals surface area contributed by atoms with E-state index in [-0.39, 0.29) is 0 Å². The number of rotatable bonds is 8. The molecule has 2 aromatic heterocycles. The summed E-state index contributed by atoms with van der Waals surface area (Å²) < 4.78 is 12.5. The van der Waals surface area contributed by atoms with Crippen LogP contribution < -0.4 is 4.74 Å². The van der Waals surface area contributed by atoms with Crippen LogP contribution in [0.5, 0.6) is 5.75 Å². The van der Waals surface area contributed by atoms with E-state index in [1.807, 2.05) is 42.5 Å². The Morgan fingerprint density at radius 3 is 2.34 bits per heavy atom. The lowest BCUT2D eigenvalue weighted by Crippen LogP contribution is -1.84. The maximum absolute atomic E-state index is 5.93. The Morgan fingerprint density at radius 1 is 0.966 bits per heavy atom. The van der Waals surface area contributed by atoms with Crippen LogP contribution in [0, 0.1) is 0 Å². The van der Waals surface area contributed by atoms with E-state index in [1.165, 1.54) is 5.56 Å². The highest BCUT2D eigenvalue weighted by Crippen LogP contribution is 2.33. The fourth-order valence-electron chi connectivity index (χ4n) is 2.45. The Kier molecular flexibility index (Phi) is 6.76. The SMILES string of the molecule is COc1ccc(CSc2nnc(SCc3cc(-c4ccc(Cl)cc4)no3)s2)cc1. The van der Waals surface area contributed by atoms with Crippen molar-refractivity contribution in [2.24, 2.45) is 0 Å². The van der Waals surface area contributed by atoms with Gasteiger partial charge >= 0.3 is 0 Å². The van der Waals surface area contributed by atoms with Gasteiger partial charge in [-0.15, -0.1) is 10.2 Å². The molecule has 0 atom stereocenters. The first-order valence-electron chi connectivity index (χ1n) is 8.63. The van der Waals surface area contributed by atoms with Gasteiger partial charge in [0.2, 0.25) is 0 Å². The topological polar surface area (TPSA) is 61.0 Å². The first kappa shape index (κ1) is 20.3. The number of nitrogens with zero attached hydrogens (tertiary/aromatic N) is 3. The van der Waals surface area contributed by atoms with E-state index in [0.717, 1.165) is 37.2 Å². The summed E-state index contributed by atoms with van der Waals surface area (Å²) in [5.74, 6) is 3.15. The Morgan fingerprint density at radius 2 is 1.66 bits per heavy atom. The summed E-state index contributed by atoms with van der Waals surface area (Å²) in [7, 11) is 1.67. The van der Waals surface area contributed by atoms with Gasteiger partial charge in [0.1, 0.15) is 17.2 Å². The molecular formula is C20H16ClN3O2S3. The largest absolute Gasteiger partial charge is 0.497 e. The lowest BCUT2D eigenvalue weighted by molar-refractivity contribution is 0.397. The first-order valence-corrected chi connectivity index (χ1v) is 11.8. The predicted octanol–water partition coefficient (Wildman–Crippen LogP) is 6.44. The van der Waals surface area contributed by atoms with Crippen LogP contribution in [0.2, 0.25) is 5.02 Å². The average molecular weight is 462 g/mol. The number of thioether (sulfide) groups is 2. The highest BCUT2D eigenvalue weighted by Gasteiger charge is 2.10. The molecule has 0 radical (unpaired) electrons. The molecule has 0 amide bonds. The standard InChI is InChI=1S/C20H16ClN3O2S3/c1-25-16-8-2-13(3-9-16)11-27-19-22-23-20(29-19)28-12-17-10-18(24-26-17)14-4-6-15(21)7-5-14/h2-10H,11-12H2,1H3. The second-order valence-electron chi connectivity index (χ2n) is 5.94. The van der Waals surface area contributed by atoms with E-state index in [9.17, 15) is 0 Å². The summed E-state index contributed by atoms with van der Waals surface area (Å²) in [5.41, 5.74) is 2.99. The third-order valence-electron chi connectivity index (χ3n) is 3.95. The maximum Gasteiger partial charge on any atom is 0.175 e. The molecule has 4 rings (SSSR count). The van der Waals surface area contributed by atoms with Crippen LogP contribution in [-0.4, -0.2) is 22.5 Å². The van der Waals surface area contributed by atoms with Gasteiger partial charge in [-0.3, -0.25) is 0 Å². The van der Waals surface area contributed by atoms with Crippen LogP contribution >= 0.6 is 46.5 Å².